The second-order valence-corrected chi connectivity index (χ2v) is 3.98. The van der Waals surface area contributed by atoms with Gasteiger partial charge >= 0.3 is 0 Å². The molecule has 1 aromatic heterocycles. The van der Waals surface area contributed by atoms with Crippen molar-refractivity contribution >= 4 is 5.91 Å². The van der Waals surface area contributed by atoms with Crippen molar-refractivity contribution < 1.29 is 4.79 Å². The number of hydrogen-bond donors (Lipinski definition) is 2. The van der Waals surface area contributed by atoms with E-state index in [0.717, 1.165) is 0 Å². The Morgan fingerprint density at radius 1 is 1.67 bits per heavy atom. The molecule has 0 spiro atoms. The summed E-state index contributed by atoms with van der Waals surface area (Å²) in [5.74, 6) is 0.580. The third-order valence-electron chi connectivity index (χ3n) is 2.38. The van der Waals surface area contributed by atoms with Crippen molar-refractivity contribution in [2.24, 2.45) is 18.7 Å². The van der Waals surface area contributed by atoms with E-state index < -0.39 is 0 Å². The molecule has 1 rings (SSSR count). The number of amides is 1. The maximum atomic E-state index is 11.6. The number of carbonyl (C=O) groups excluding carboxylic acids is 1. The number of nitrogens with two attached hydrogens (primary N) is 1. The fraction of sp³-hybridized carbons (Fsp3) is 0.600. The van der Waals surface area contributed by atoms with Gasteiger partial charge in [0.05, 0.1) is 0 Å². The zero-order chi connectivity index (χ0) is 11.4. The van der Waals surface area contributed by atoms with E-state index in [2.05, 4.69) is 10.3 Å². The molecule has 1 atom stereocenters. The van der Waals surface area contributed by atoms with Crippen LogP contribution in [-0.2, 0) is 7.05 Å². The van der Waals surface area contributed by atoms with Gasteiger partial charge in [0.25, 0.3) is 5.91 Å². The van der Waals surface area contributed by atoms with E-state index in [-0.39, 0.29) is 11.9 Å². The lowest BCUT2D eigenvalue weighted by molar-refractivity contribution is 0.0936. The van der Waals surface area contributed by atoms with E-state index in [1.54, 1.807) is 24.0 Å². The summed E-state index contributed by atoms with van der Waals surface area (Å²) in [7, 11) is 1.78. The SMILES string of the molecule is CC(C)C(N)CNC(=O)c1nccn1C. The maximum Gasteiger partial charge on any atom is 0.287 e. The van der Waals surface area contributed by atoms with Crippen molar-refractivity contribution in [3.63, 3.8) is 0 Å². The van der Waals surface area contributed by atoms with Crippen LogP contribution in [0.15, 0.2) is 12.4 Å². The Bertz CT molecular complexity index is 332. The molecule has 0 saturated heterocycles. The monoisotopic (exact) mass is 210 g/mol. The summed E-state index contributed by atoms with van der Waals surface area (Å²) in [5, 5.41) is 2.76. The van der Waals surface area contributed by atoms with Crippen LogP contribution in [0.2, 0.25) is 0 Å². The summed E-state index contributed by atoms with van der Waals surface area (Å²) < 4.78 is 1.68. The van der Waals surface area contributed by atoms with Gasteiger partial charge in [0.2, 0.25) is 0 Å². The highest BCUT2D eigenvalue weighted by Gasteiger charge is 2.13. The summed E-state index contributed by atoms with van der Waals surface area (Å²) in [5.41, 5.74) is 5.81. The molecule has 5 nitrogen and oxygen atoms in total. The maximum absolute atomic E-state index is 11.6. The Morgan fingerprint density at radius 2 is 2.33 bits per heavy atom. The zero-order valence-electron chi connectivity index (χ0n) is 9.40. The Labute approximate surface area is 89.7 Å². The highest BCUT2D eigenvalue weighted by Crippen LogP contribution is 1.98. The van der Waals surface area contributed by atoms with Gasteiger partial charge in [-0.05, 0) is 5.92 Å². The Morgan fingerprint density at radius 3 is 2.80 bits per heavy atom. The van der Waals surface area contributed by atoms with Gasteiger partial charge in [-0.1, -0.05) is 13.8 Å². The summed E-state index contributed by atoms with van der Waals surface area (Å²) >= 11 is 0. The molecular weight excluding hydrogens is 192 g/mol. The van der Waals surface area contributed by atoms with Gasteiger partial charge in [0, 0.05) is 32.0 Å². The molecule has 0 bridgehead atoms. The molecule has 0 aromatic carbocycles. The minimum absolute atomic E-state index is 0.0192. The van der Waals surface area contributed by atoms with E-state index in [9.17, 15) is 4.79 Å². The molecule has 3 N–H and O–H groups in total. The quantitative estimate of drug-likeness (QED) is 0.742. The van der Waals surface area contributed by atoms with Crippen molar-refractivity contribution in [2.75, 3.05) is 6.54 Å². The van der Waals surface area contributed by atoms with E-state index >= 15 is 0 Å². The van der Waals surface area contributed by atoms with Crippen LogP contribution in [0.4, 0.5) is 0 Å². The van der Waals surface area contributed by atoms with Gasteiger partial charge in [-0.2, -0.15) is 0 Å². The first-order chi connectivity index (χ1) is 7.02. The molecule has 1 amide bonds. The van der Waals surface area contributed by atoms with Crippen LogP contribution in [0.5, 0.6) is 0 Å². The predicted molar refractivity (Wildman–Crippen MR) is 58.4 cm³/mol. The molecule has 1 aromatic rings. The second kappa shape index (κ2) is 4.93. The minimum Gasteiger partial charge on any atom is -0.348 e. The molecule has 15 heavy (non-hydrogen) atoms. The third kappa shape index (κ3) is 3.06. The average Bonchev–Trinajstić information content (AvgIpc) is 2.60. The molecular formula is C10H18N4O. The number of carbonyl (C=O) groups is 1. The van der Waals surface area contributed by atoms with Gasteiger partial charge in [-0.25, -0.2) is 4.98 Å². The minimum atomic E-state index is -0.182. The highest BCUT2D eigenvalue weighted by atomic mass is 16.2. The first kappa shape index (κ1) is 11.7. The Balaban J connectivity index is 2.47. The van der Waals surface area contributed by atoms with Crippen molar-refractivity contribution in [2.45, 2.75) is 19.9 Å². The van der Waals surface area contributed by atoms with Gasteiger partial charge in [0.15, 0.2) is 5.82 Å². The molecule has 1 heterocycles. The number of aryl methyl sites for hydroxylation is 1. The number of hydrogen-bond acceptors (Lipinski definition) is 3. The molecule has 0 fully saturated rings. The predicted octanol–water partition coefficient (Wildman–Crippen LogP) is 0.133. The topological polar surface area (TPSA) is 72.9 Å². The third-order valence-corrected chi connectivity index (χ3v) is 2.38. The molecule has 0 aliphatic heterocycles. The average molecular weight is 210 g/mol. The van der Waals surface area contributed by atoms with Crippen LogP contribution < -0.4 is 11.1 Å². The van der Waals surface area contributed by atoms with Crippen molar-refractivity contribution in [1.82, 2.24) is 14.9 Å². The standard InChI is InChI=1S/C10H18N4O/c1-7(2)8(11)6-13-10(15)9-12-4-5-14(9)3/h4-5,7-8H,6,11H2,1-3H3,(H,13,15). The zero-order valence-corrected chi connectivity index (χ0v) is 9.40. The first-order valence-corrected chi connectivity index (χ1v) is 5.03. The molecule has 1 unspecified atom stereocenters. The van der Waals surface area contributed by atoms with E-state index in [1.165, 1.54) is 0 Å². The van der Waals surface area contributed by atoms with E-state index in [1.807, 2.05) is 13.8 Å². The van der Waals surface area contributed by atoms with Gasteiger partial charge in [-0.15, -0.1) is 0 Å². The lowest BCUT2D eigenvalue weighted by Crippen LogP contribution is -2.41. The van der Waals surface area contributed by atoms with Crippen LogP contribution in [-0.4, -0.2) is 28.0 Å². The summed E-state index contributed by atoms with van der Waals surface area (Å²) in [6.45, 7) is 4.53. The van der Waals surface area contributed by atoms with Gasteiger partial charge in [-0.3, -0.25) is 4.79 Å². The molecule has 0 saturated carbocycles. The molecule has 0 aliphatic rings. The summed E-state index contributed by atoms with van der Waals surface area (Å²) in [6, 6.07) is -0.0192. The Hall–Kier alpha value is -1.36. The van der Waals surface area contributed by atoms with Crippen molar-refractivity contribution in [1.29, 1.82) is 0 Å². The molecule has 0 aliphatic carbocycles. The van der Waals surface area contributed by atoms with Crippen LogP contribution in [0.3, 0.4) is 0 Å². The highest BCUT2D eigenvalue weighted by molar-refractivity contribution is 5.90. The largest absolute Gasteiger partial charge is 0.348 e. The number of rotatable bonds is 4. The summed E-state index contributed by atoms with van der Waals surface area (Å²) in [6.07, 6.45) is 3.33. The fourth-order valence-electron chi connectivity index (χ4n) is 1.11. The van der Waals surface area contributed by atoms with Crippen LogP contribution in [0, 0.1) is 5.92 Å². The van der Waals surface area contributed by atoms with Crippen molar-refractivity contribution in [3.8, 4) is 0 Å². The van der Waals surface area contributed by atoms with Crippen LogP contribution in [0.25, 0.3) is 0 Å². The number of aromatic nitrogens is 2. The normalized spacial score (nSPS) is 12.9. The fourth-order valence-corrected chi connectivity index (χ4v) is 1.11. The smallest absolute Gasteiger partial charge is 0.287 e. The second-order valence-electron chi connectivity index (χ2n) is 3.98. The lowest BCUT2D eigenvalue weighted by atomic mass is 10.1. The van der Waals surface area contributed by atoms with Crippen LogP contribution in [0.1, 0.15) is 24.5 Å². The molecule has 84 valence electrons. The van der Waals surface area contributed by atoms with Crippen molar-refractivity contribution in [3.05, 3.63) is 18.2 Å². The molecule has 5 heteroatoms. The number of nitrogens with zero attached hydrogens (tertiary/aromatic N) is 2. The number of nitrogens with one attached hydrogen (secondary N) is 1. The summed E-state index contributed by atoms with van der Waals surface area (Å²) in [4.78, 5) is 15.6. The van der Waals surface area contributed by atoms with Crippen LogP contribution >= 0.6 is 0 Å². The van der Waals surface area contributed by atoms with Gasteiger partial charge < -0.3 is 15.6 Å². The van der Waals surface area contributed by atoms with Gasteiger partial charge in [0.1, 0.15) is 0 Å². The number of imidazole rings is 1. The molecule has 0 radical (unpaired) electrons. The lowest BCUT2D eigenvalue weighted by Gasteiger charge is -2.15. The Kier molecular flexibility index (Phi) is 3.85. The van der Waals surface area contributed by atoms with E-state index in [4.69, 9.17) is 5.73 Å². The first-order valence-electron chi connectivity index (χ1n) is 5.03. The van der Waals surface area contributed by atoms with E-state index in [0.29, 0.717) is 18.3 Å².